The van der Waals surface area contributed by atoms with Gasteiger partial charge in [0.25, 0.3) is 0 Å². The molecule has 1 fully saturated rings. The lowest BCUT2D eigenvalue weighted by Gasteiger charge is -2.26. The van der Waals surface area contributed by atoms with Crippen LogP contribution < -0.4 is 5.32 Å². The van der Waals surface area contributed by atoms with E-state index in [1.54, 1.807) is 0 Å². The van der Waals surface area contributed by atoms with Gasteiger partial charge < -0.3 is 5.32 Å². The van der Waals surface area contributed by atoms with Crippen molar-refractivity contribution in [1.29, 1.82) is 0 Å². The van der Waals surface area contributed by atoms with Gasteiger partial charge in [0.1, 0.15) is 0 Å². The summed E-state index contributed by atoms with van der Waals surface area (Å²) in [6.45, 7) is 9.54. The van der Waals surface area contributed by atoms with Crippen LogP contribution in [0.4, 0.5) is 0 Å². The highest BCUT2D eigenvalue weighted by Gasteiger charge is 2.31. The second-order valence-corrected chi connectivity index (χ2v) is 6.67. The molecule has 1 unspecified atom stereocenters. The number of allylic oxidation sites excluding steroid dienone is 1. The van der Waals surface area contributed by atoms with Gasteiger partial charge >= 0.3 is 0 Å². The van der Waals surface area contributed by atoms with Crippen LogP contribution in [0.3, 0.4) is 0 Å². The predicted octanol–water partition coefficient (Wildman–Crippen LogP) is 3.46. The fourth-order valence-corrected chi connectivity index (χ4v) is 1.98. The molecule has 88 valence electrons. The number of hydrogen-bond donors (Lipinski definition) is 1. The van der Waals surface area contributed by atoms with Crippen LogP contribution >= 0.6 is 11.8 Å². The van der Waals surface area contributed by atoms with Gasteiger partial charge in [0.05, 0.1) is 0 Å². The summed E-state index contributed by atoms with van der Waals surface area (Å²) < 4.78 is 0.362. The van der Waals surface area contributed by atoms with Crippen LogP contribution in [0, 0.1) is 5.92 Å². The van der Waals surface area contributed by atoms with Crippen molar-refractivity contribution >= 4 is 11.8 Å². The lowest BCUT2D eigenvalue weighted by molar-refractivity contribution is 0.420. The summed E-state index contributed by atoms with van der Waals surface area (Å²) in [6, 6.07) is 0.731. The standard InChI is InChI=1S/C13H25NS/c1-5-6-7-12(11-8-9-11)14-10-13(2,3)15-4/h5,11-12,14H,1,6-10H2,2-4H3. The summed E-state index contributed by atoms with van der Waals surface area (Å²) in [7, 11) is 0. The van der Waals surface area contributed by atoms with E-state index in [1.807, 2.05) is 17.8 Å². The van der Waals surface area contributed by atoms with Crippen LogP contribution in [0.25, 0.3) is 0 Å². The fraction of sp³-hybridized carbons (Fsp3) is 0.846. The zero-order chi connectivity index (χ0) is 11.3. The first kappa shape index (κ1) is 13.1. The molecule has 1 N–H and O–H groups in total. The molecular formula is C13H25NS. The third-order valence-electron chi connectivity index (χ3n) is 3.22. The SMILES string of the molecule is C=CCCC(NCC(C)(C)SC)C1CC1. The Morgan fingerprint density at radius 3 is 2.67 bits per heavy atom. The van der Waals surface area contributed by atoms with E-state index in [1.165, 1.54) is 19.3 Å². The van der Waals surface area contributed by atoms with Crippen molar-refractivity contribution in [2.75, 3.05) is 12.8 Å². The molecule has 1 rings (SSSR count). The average molecular weight is 227 g/mol. The maximum Gasteiger partial charge on any atom is 0.0225 e. The van der Waals surface area contributed by atoms with Crippen LogP contribution in [0.2, 0.25) is 0 Å². The number of rotatable bonds is 8. The maximum atomic E-state index is 3.81. The summed E-state index contributed by atoms with van der Waals surface area (Å²) >= 11 is 1.94. The third kappa shape index (κ3) is 5.07. The molecule has 1 saturated carbocycles. The summed E-state index contributed by atoms with van der Waals surface area (Å²) in [5, 5.41) is 3.74. The van der Waals surface area contributed by atoms with Gasteiger partial charge in [0.2, 0.25) is 0 Å². The van der Waals surface area contributed by atoms with Crippen molar-refractivity contribution in [2.45, 2.75) is 50.3 Å². The first-order valence-electron chi connectivity index (χ1n) is 5.98. The van der Waals surface area contributed by atoms with E-state index in [9.17, 15) is 0 Å². The average Bonchev–Trinajstić information content (AvgIpc) is 3.02. The molecule has 1 nitrogen and oxygen atoms in total. The Bertz CT molecular complexity index is 197. The van der Waals surface area contributed by atoms with Gasteiger partial charge in [-0.2, -0.15) is 11.8 Å². The summed E-state index contributed by atoms with van der Waals surface area (Å²) in [5.41, 5.74) is 0. The van der Waals surface area contributed by atoms with Gasteiger partial charge in [-0.05, 0) is 51.7 Å². The van der Waals surface area contributed by atoms with Crippen LogP contribution in [0.5, 0.6) is 0 Å². The minimum absolute atomic E-state index is 0.362. The van der Waals surface area contributed by atoms with Gasteiger partial charge in [-0.25, -0.2) is 0 Å². The third-order valence-corrected chi connectivity index (χ3v) is 4.46. The lowest BCUT2D eigenvalue weighted by atomic mass is 10.1. The van der Waals surface area contributed by atoms with E-state index in [0.29, 0.717) is 4.75 Å². The molecule has 0 aromatic heterocycles. The van der Waals surface area contributed by atoms with Crippen molar-refractivity contribution < 1.29 is 0 Å². The lowest BCUT2D eigenvalue weighted by Crippen LogP contribution is -2.40. The topological polar surface area (TPSA) is 12.0 Å². The monoisotopic (exact) mass is 227 g/mol. The molecule has 2 heteroatoms. The minimum Gasteiger partial charge on any atom is -0.312 e. The Balaban J connectivity index is 2.27. The van der Waals surface area contributed by atoms with E-state index in [2.05, 4.69) is 32.0 Å². The van der Waals surface area contributed by atoms with E-state index in [4.69, 9.17) is 0 Å². The number of thioether (sulfide) groups is 1. The molecule has 1 aliphatic rings. The highest BCUT2D eigenvalue weighted by molar-refractivity contribution is 7.99. The maximum absolute atomic E-state index is 3.81. The van der Waals surface area contributed by atoms with Crippen molar-refractivity contribution in [2.24, 2.45) is 5.92 Å². The van der Waals surface area contributed by atoms with Gasteiger partial charge in [-0.15, -0.1) is 6.58 Å². The molecule has 0 aromatic rings. The summed E-state index contributed by atoms with van der Waals surface area (Å²) in [6.07, 6.45) is 9.49. The van der Waals surface area contributed by atoms with E-state index in [0.717, 1.165) is 24.9 Å². The molecule has 15 heavy (non-hydrogen) atoms. The second-order valence-electron chi connectivity index (χ2n) is 5.15. The molecule has 0 radical (unpaired) electrons. The van der Waals surface area contributed by atoms with Crippen LogP contribution in [-0.4, -0.2) is 23.6 Å². The van der Waals surface area contributed by atoms with Crippen LogP contribution in [-0.2, 0) is 0 Å². The van der Waals surface area contributed by atoms with Gasteiger partial charge in [0, 0.05) is 17.3 Å². The Kier molecular flexibility index (Phi) is 5.20. The Labute approximate surface area is 99.1 Å². The smallest absolute Gasteiger partial charge is 0.0225 e. The minimum atomic E-state index is 0.362. The van der Waals surface area contributed by atoms with Crippen LogP contribution in [0.15, 0.2) is 12.7 Å². The van der Waals surface area contributed by atoms with Gasteiger partial charge in [0.15, 0.2) is 0 Å². The quantitative estimate of drug-likeness (QED) is 0.637. The molecule has 0 amide bonds. The summed E-state index contributed by atoms with van der Waals surface area (Å²) in [5.74, 6) is 0.947. The van der Waals surface area contributed by atoms with E-state index >= 15 is 0 Å². The molecule has 1 atom stereocenters. The zero-order valence-corrected chi connectivity index (χ0v) is 11.2. The number of nitrogens with one attached hydrogen (secondary N) is 1. The highest BCUT2D eigenvalue weighted by Crippen LogP contribution is 2.35. The first-order valence-corrected chi connectivity index (χ1v) is 7.21. The molecule has 0 heterocycles. The van der Waals surface area contributed by atoms with Crippen molar-refractivity contribution in [1.82, 2.24) is 5.32 Å². The Hall–Kier alpha value is 0.0500. The normalized spacial score (nSPS) is 18.9. The predicted molar refractivity (Wildman–Crippen MR) is 71.5 cm³/mol. The van der Waals surface area contributed by atoms with Crippen LogP contribution in [0.1, 0.15) is 39.5 Å². The van der Waals surface area contributed by atoms with Gasteiger partial charge in [-0.3, -0.25) is 0 Å². The number of hydrogen-bond acceptors (Lipinski definition) is 2. The van der Waals surface area contributed by atoms with E-state index < -0.39 is 0 Å². The first-order chi connectivity index (χ1) is 7.09. The Morgan fingerprint density at radius 2 is 2.20 bits per heavy atom. The largest absolute Gasteiger partial charge is 0.312 e. The Morgan fingerprint density at radius 1 is 1.53 bits per heavy atom. The molecule has 0 spiro atoms. The molecular weight excluding hydrogens is 202 g/mol. The van der Waals surface area contributed by atoms with Crippen molar-refractivity contribution in [3.63, 3.8) is 0 Å². The van der Waals surface area contributed by atoms with Crippen molar-refractivity contribution in [3.8, 4) is 0 Å². The highest BCUT2D eigenvalue weighted by atomic mass is 32.2. The fourth-order valence-electron chi connectivity index (χ4n) is 1.75. The molecule has 0 bridgehead atoms. The molecule has 0 aliphatic heterocycles. The molecule has 0 saturated heterocycles. The van der Waals surface area contributed by atoms with Gasteiger partial charge in [-0.1, -0.05) is 6.08 Å². The zero-order valence-electron chi connectivity index (χ0n) is 10.4. The van der Waals surface area contributed by atoms with Crippen molar-refractivity contribution in [3.05, 3.63) is 12.7 Å². The second kappa shape index (κ2) is 5.95. The molecule has 1 aliphatic carbocycles. The summed E-state index contributed by atoms with van der Waals surface area (Å²) in [4.78, 5) is 0. The van der Waals surface area contributed by atoms with E-state index in [-0.39, 0.29) is 0 Å². The molecule has 0 aromatic carbocycles.